The summed E-state index contributed by atoms with van der Waals surface area (Å²) in [5.74, 6) is -2.19. The van der Waals surface area contributed by atoms with Crippen LogP contribution >= 0.6 is 0 Å². The summed E-state index contributed by atoms with van der Waals surface area (Å²) in [6.45, 7) is 8.57. The molecule has 1 aromatic carbocycles. The van der Waals surface area contributed by atoms with Crippen LogP contribution in [0.2, 0.25) is 0 Å². The number of esters is 1. The monoisotopic (exact) mass is 626 g/mol. The molecule has 10 unspecified atom stereocenters. The molecule has 4 aliphatic carbocycles. The molecule has 0 amide bonds. The zero-order valence-corrected chi connectivity index (χ0v) is 27.1. The van der Waals surface area contributed by atoms with Crippen molar-refractivity contribution < 1.29 is 45.0 Å². The van der Waals surface area contributed by atoms with E-state index in [4.69, 9.17) is 4.74 Å². The maximum atomic E-state index is 13.8. The lowest BCUT2D eigenvalue weighted by molar-refractivity contribution is -0.216. The smallest absolute Gasteiger partial charge is 0.331 e. The Hall–Kier alpha value is -2.40. The van der Waals surface area contributed by atoms with E-state index >= 15 is 0 Å². The Morgan fingerprint density at radius 3 is 2.33 bits per heavy atom. The van der Waals surface area contributed by atoms with Crippen LogP contribution in [0.1, 0.15) is 91.5 Å². The summed E-state index contributed by atoms with van der Waals surface area (Å²) in [4.78, 5) is 26.6. The molecule has 3 saturated carbocycles. The van der Waals surface area contributed by atoms with Crippen LogP contribution in [0.25, 0.3) is 6.08 Å². The molecule has 0 bridgehead atoms. The first-order valence-corrected chi connectivity index (χ1v) is 16.2. The van der Waals surface area contributed by atoms with Gasteiger partial charge in [-0.25, -0.2) is 4.79 Å². The number of fused-ring (bicyclic) bond motifs is 5. The number of hydrogen-bond acceptors (Lipinski definition) is 9. The zero-order valence-electron chi connectivity index (χ0n) is 27.1. The van der Waals surface area contributed by atoms with Crippen molar-refractivity contribution in [1.82, 2.24) is 0 Å². The molecule has 0 heterocycles. The van der Waals surface area contributed by atoms with Gasteiger partial charge in [-0.05, 0) is 101 Å². The normalized spacial score (nSPS) is 40.2. The molecule has 1 aromatic rings. The lowest BCUT2D eigenvalue weighted by Gasteiger charge is -2.63. The first-order chi connectivity index (χ1) is 20.8. The molecule has 5 rings (SSSR count). The summed E-state index contributed by atoms with van der Waals surface area (Å²) in [5.41, 5.74) is -6.69. The van der Waals surface area contributed by atoms with E-state index in [1.54, 1.807) is 33.8 Å². The Morgan fingerprint density at radius 2 is 1.69 bits per heavy atom. The van der Waals surface area contributed by atoms with Crippen LogP contribution in [-0.2, 0) is 14.3 Å². The van der Waals surface area contributed by atoms with Gasteiger partial charge in [-0.15, -0.1) is 0 Å². The third-order valence-corrected chi connectivity index (χ3v) is 12.2. The third kappa shape index (κ3) is 5.53. The van der Waals surface area contributed by atoms with E-state index in [0.29, 0.717) is 24.8 Å². The SMILES string of the molecule is CC(C)(O)CCC(O)C(C)(O)C1CCC2(O)C3=CC(=O)C4(O)CC(O)C(OC(=O)C=Cc5ccccc5)CC4(C)C3CCC12C. The van der Waals surface area contributed by atoms with Crippen molar-refractivity contribution in [2.24, 2.45) is 22.7 Å². The third-order valence-electron chi connectivity index (χ3n) is 12.2. The van der Waals surface area contributed by atoms with Crippen molar-refractivity contribution in [2.45, 2.75) is 127 Å². The van der Waals surface area contributed by atoms with Gasteiger partial charge in [-0.1, -0.05) is 44.2 Å². The van der Waals surface area contributed by atoms with Crippen LogP contribution in [-0.4, -0.2) is 83.1 Å². The highest BCUT2D eigenvalue weighted by molar-refractivity contribution is 6.00. The summed E-state index contributed by atoms with van der Waals surface area (Å²) in [5, 5.41) is 68.5. The number of aliphatic hydroxyl groups is 6. The summed E-state index contributed by atoms with van der Waals surface area (Å²) in [6.07, 6.45) is 2.68. The fraction of sp³-hybridized carbons (Fsp3) is 0.667. The number of aliphatic hydroxyl groups excluding tert-OH is 2. The Morgan fingerprint density at radius 1 is 1.02 bits per heavy atom. The molecular weight excluding hydrogens is 576 g/mol. The standard InChI is InChI=1S/C36H50O9/c1-31(2,41)16-15-28(38)34(5,42)27-14-18-35(43)24-19-29(39)36(44)20-25(37)26(21-33(36,4)23(24)13-17-32(27,35)3)45-30(40)12-11-22-9-7-6-8-10-22/h6-12,19,23,25-28,37-38,41-44H,13-18,20-21H2,1-5H3. The van der Waals surface area contributed by atoms with Crippen LogP contribution in [0.3, 0.4) is 0 Å². The van der Waals surface area contributed by atoms with Crippen molar-refractivity contribution in [3.05, 3.63) is 53.6 Å². The van der Waals surface area contributed by atoms with Gasteiger partial charge in [0.25, 0.3) is 0 Å². The fourth-order valence-electron chi connectivity index (χ4n) is 9.32. The number of ketones is 1. The molecule has 0 spiro atoms. The van der Waals surface area contributed by atoms with Gasteiger partial charge in [-0.2, -0.15) is 0 Å². The molecule has 6 N–H and O–H groups in total. The minimum absolute atomic E-state index is 0.0208. The number of ether oxygens (including phenoxy) is 1. The van der Waals surface area contributed by atoms with E-state index in [0.717, 1.165) is 5.56 Å². The molecule has 10 atom stereocenters. The molecule has 248 valence electrons. The van der Waals surface area contributed by atoms with Crippen LogP contribution in [0.15, 0.2) is 48.1 Å². The fourth-order valence-corrected chi connectivity index (χ4v) is 9.32. The molecule has 0 radical (unpaired) electrons. The van der Waals surface area contributed by atoms with E-state index in [-0.39, 0.29) is 32.1 Å². The molecule has 3 fully saturated rings. The zero-order chi connectivity index (χ0) is 33.2. The lowest BCUT2D eigenvalue weighted by Crippen LogP contribution is -2.69. The quantitative estimate of drug-likeness (QED) is 0.188. The second-order valence-electron chi connectivity index (χ2n) is 15.5. The van der Waals surface area contributed by atoms with Crippen LogP contribution in [0.4, 0.5) is 0 Å². The predicted octanol–water partition coefficient (Wildman–Crippen LogP) is 3.23. The highest BCUT2D eigenvalue weighted by atomic mass is 16.6. The second kappa shape index (κ2) is 11.4. The van der Waals surface area contributed by atoms with E-state index in [9.17, 15) is 40.2 Å². The van der Waals surface area contributed by atoms with Gasteiger partial charge in [0.2, 0.25) is 0 Å². The summed E-state index contributed by atoms with van der Waals surface area (Å²) in [6, 6.07) is 9.24. The molecular formula is C36H50O9. The molecule has 45 heavy (non-hydrogen) atoms. The van der Waals surface area contributed by atoms with Crippen molar-refractivity contribution in [2.75, 3.05) is 0 Å². The average molecular weight is 627 g/mol. The predicted molar refractivity (Wildman–Crippen MR) is 167 cm³/mol. The van der Waals surface area contributed by atoms with E-state index < -0.39 is 75.1 Å². The van der Waals surface area contributed by atoms with Gasteiger partial charge in [0.1, 0.15) is 11.7 Å². The molecule has 0 saturated heterocycles. The van der Waals surface area contributed by atoms with Gasteiger partial charge in [0.15, 0.2) is 5.78 Å². The topological polar surface area (TPSA) is 165 Å². The highest BCUT2D eigenvalue weighted by Gasteiger charge is 2.72. The maximum absolute atomic E-state index is 13.8. The largest absolute Gasteiger partial charge is 0.456 e. The van der Waals surface area contributed by atoms with E-state index in [2.05, 4.69) is 0 Å². The average Bonchev–Trinajstić information content (AvgIpc) is 3.25. The Kier molecular flexibility index (Phi) is 8.59. The molecule has 4 aliphatic rings. The van der Waals surface area contributed by atoms with Gasteiger partial charge < -0.3 is 35.4 Å². The van der Waals surface area contributed by atoms with E-state index in [1.807, 2.05) is 37.3 Å². The van der Waals surface area contributed by atoms with Gasteiger partial charge >= 0.3 is 5.97 Å². The van der Waals surface area contributed by atoms with Crippen molar-refractivity contribution in [3.8, 4) is 0 Å². The summed E-state index contributed by atoms with van der Waals surface area (Å²) < 4.78 is 5.71. The van der Waals surface area contributed by atoms with E-state index in [1.165, 1.54) is 12.2 Å². The van der Waals surface area contributed by atoms with Crippen LogP contribution in [0.5, 0.6) is 0 Å². The maximum Gasteiger partial charge on any atom is 0.331 e. The Balaban J connectivity index is 1.41. The number of rotatable bonds is 8. The minimum atomic E-state index is -1.91. The minimum Gasteiger partial charge on any atom is -0.456 e. The molecule has 0 aromatic heterocycles. The van der Waals surface area contributed by atoms with Gasteiger partial charge in [0.05, 0.1) is 29.0 Å². The number of carbonyl (C=O) groups excluding carboxylic acids is 2. The number of benzene rings is 1. The van der Waals surface area contributed by atoms with Gasteiger partial charge in [-0.3, -0.25) is 4.79 Å². The number of hydrogen-bond donors (Lipinski definition) is 6. The summed E-state index contributed by atoms with van der Waals surface area (Å²) in [7, 11) is 0. The molecule has 0 aliphatic heterocycles. The molecule has 9 heteroatoms. The second-order valence-corrected chi connectivity index (χ2v) is 15.5. The van der Waals surface area contributed by atoms with Crippen molar-refractivity contribution >= 4 is 17.8 Å². The number of carbonyl (C=O) groups is 2. The van der Waals surface area contributed by atoms with Crippen LogP contribution < -0.4 is 0 Å². The van der Waals surface area contributed by atoms with Crippen LogP contribution in [0, 0.1) is 22.7 Å². The lowest BCUT2D eigenvalue weighted by atomic mass is 9.44. The Bertz CT molecular complexity index is 1360. The van der Waals surface area contributed by atoms with Crippen molar-refractivity contribution in [3.63, 3.8) is 0 Å². The Labute approximate surface area is 265 Å². The van der Waals surface area contributed by atoms with Gasteiger partial charge in [0, 0.05) is 23.3 Å². The van der Waals surface area contributed by atoms with Crippen molar-refractivity contribution in [1.29, 1.82) is 0 Å². The molecule has 9 nitrogen and oxygen atoms in total. The first kappa shape index (κ1) is 33.9. The highest BCUT2D eigenvalue weighted by Crippen LogP contribution is 2.69. The first-order valence-electron chi connectivity index (χ1n) is 16.2. The summed E-state index contributed by atoms with van der Waals surface area (Å²) >= 11 is 0.